The van der Waals surface area contributed by atoms with E-state index in [1.807, 2.05) is 35.1 Å². The molecule has 1 aromatic carbocycles. The Labute approximate surface area is 149 Å². The number of rotatable bonds is 4. The number of thioether (sulfide) groups is 1. The maximum Gasteiger partial charge on any atom is 0.136 e. The molecular weight excluding hydrogens is 352 g/mol. The topological polar surface area (TPSA) is 43.2 Å². The van der Waals surface area contributed by atoms with Crippen molar-refractivity contribution < 1.29 is 4.74 Å². The third-order valence-electron chi connectivity index (χ3n) is 3.46. The Morgan fingerprint density at radius 3 is 2.74 bits per heavy atom. The minimum atomic E-state index is 0.683. The molecule has 1 saturated heterocycles. The van der Waals surface area contributed by atoms with Gasteiger partial charge < -0.3 is 9.64 Å². The zero-order valence-electron chi connectivity index (χ0n) is 12.5. The van der Waals surface area contributed by atoms with Gasteiger partial charge in [0.15, 0.2) is 0 Å². The molecule has 0 unspecified atom stereocenters. The molecule has 2 aromatic rings. The first-order valence-corrected chi connectivity index (χ1v) is 9.11. The number of thiocarbonyl (C=S) groups is 1. The van der Waals surface area contributed by atoms with Crippen LogP contribution in [0.15, 0.2) is 30.5 Å². The molecule has 0 amide bonds. The average Bonchev–Trinajstić information content (AvgIpc) is 3.03. The van der Waals surface area contributed by atoms with Gasteiger partial charge in [-0.05, 0) is 17.7 Å². The van der Waals surface area contributed by atoms with E-state index in [2.05, 4.69) is 15.2 Å². The van der Waals surface area contributed by atoms with Crippen LogP contribution in [0.1, 0.15) is 11.3 Å². The van der Waals surface area contributed by atoms with Crippen LogP contribution in [0.2, 0.25) is 5.02 Å². The van der Waals surface area contributed by atoms with Crippen molar-refractivity contribution in [2.45, 2.75) is 12.3 Å². The summed E-state index contributed by atoms with van der Waals surface area (Å²) in [6.07, 6.45) is 1.96. The Bertz CT molecular complexity index is 656. The monoisotopic (exact) mass is 368 g/mol. The summed E-state index contributed by atoms with van der Waals surface area (Å²) in [7, 11) is 0. The first-order chi connectivity index (χ1) is 11.2. The van der Waals surface area contributed by atoms with Gasteiger partial charge in [-0.3, -0.25) is 0 Å². The molecular formula is C15H17ClN4OS2. The van der Waals surface area contributed by atoms with Crippen LogP contribution < -0.4 is 0 Å². The Kier molecular flexibility index (Phi) is 5.88. The highest BCUT2D eigenvalue weighted by Gasteiger charge is 2.14. The van der Waals surface area contributed by atoms with Crippen LogP contribution in [0.5, 0.6) is 0 Å². The van der Waals surface area contributed by atoms with E-state index in [1.165, 1.54) is 0 Å². The van der Waals surface area contributed by atoms with E-state index >= 15 is 0 Å². The molecule has 0 saturated carbocycles. The summed E-state index contributed by atoms with van der Waals surface area (Å²) in [5.41, 5.74) is 2.07. The van der Waals surface area contributed by atoms with Gasteiger partial charge in [-0.15, -0.1) is 5.10 Å². The lowest BCUT2D eigenvalue weighted by molar-refractivity contribution is 0.0702. The standard InChI is InChI=1S/C15H17ClN4OS2/c16-13-3-1-12(2-4-13)9-20-10-14(17-18-20)11-23-15(22)19-5-7-21-8-6-19/h1-4,10H,5-9,11H2. The summed E-state index contributed by atoms with van der Waals surface area (Å²) in [6.45, 7) is 3.92. The van der Waals surface area contributed by atoms with E-state index in [4.69, 9.17) is 28.6 Å². The van der Waals surface area contributed by atoms with E-state index in [0.717, 1.165) is 52.7 Å². The van der Waals surface area contributed by atoms with Gasteiger partial charge in [0.25, 0.3) is 0 Å². The third kappa shape index (κ3) is 4.91. The normalized spacial score (nSPS) is 14.9. The second-order valence-electron chi connectivity index (χ2n) is 5.19. The fourth-order valence-corrected chi connectivity index (χ4v) is 3.49. The van der Waals surface area contributed by atoms with Gasteiger partial charge >= 0.3 is 0 Å². The number of morpholine rings is 1. The van der Waals surface area contributed by atoms with Gasteiger partial charge in [0.1, 0.15) is 4.32 Å². The predicted molar refractivity (Wildman–Crippen MR) is 96.9 cm³/mol. The first kappa shape index (κ1) is 16.7. The molecule has 0 aliphatic carbocycles. The lowest BCUT2D eigenvalue weighted by atomic mass is 10.2. The SMILES string of the molecule is S=C(SCc1cn(Cc2ccc(Cl)cc2)nn1)N1CCOCC1. The number of hydrogen-bond donors (Lipinski definition) is 0. The Morgan fingerprint density at radius 1 is 1.26 bits per heavy atom. The van der Waals surface area contributed by atoms with Crippen LogP contribution in [-0.2, 0) is 17.0 Å². The van der Waals surface area contributed by atoms with Crippen molar-refractivity contribution in [2.24, 2.45) is 0 Å². The number of ether oxygens (including phenoxy) is 1. The maximum absolute atomic E-state index is 5.89. The summed E-state index contributed by atoms with van der Waals surface area (Å²) in [6, 6.07) is 7.74. The van der Waals surface area contributed by atoms with Crippen LogP contribution in [-0.4, -0.2) is 50.5 Å². The second-order valence-corrected chi connectivity index (χ2v) is 7.23. The van der Waals surface area contributed by atoms with Crippen LogP contribution in [0.25, 0.3) is 0 Å². The van der Waals surface area contributed by atoms with Crippen LogP contribution >= 0.6 is 35.6 Å². The average molecular weight is 369 g/mol. The van der Waals surface area contributed by atoms with E-state index < -0.39 is 0 Å². The molecule has 1 aromatic heterocycles. The zero-order chi connectivity index (χ0) is 16.1. The molecule has 1 aliphatic heterocycles. The van der Waals surface area contributed by atoms with Gasteiger partial charge in [-0.2, -0.15) is 0 Å². The Hall–Kier alpha value is -1.15. The summed E-state index contributed by atoms with van der Waals surface area (Å²) in [5, 5.41) is 9.12. The maximum atomic E-state index is 5.89. The molecule has 0 atom stereocenters. The quantitative estimate of drug-likeness (QED) is 0.773. The van der Waals surface area contributed by atoms with Gasteiger partial charge in [-0.25, -0.2) is 4.68 Å². The summed E-state index contributed by atoms with van der Waals surface area (Å²) >= 11 is 13.0. The summed E-state index contributed by atoms with van der Waals surface area (Å²) in [5.74, 6) is 0.733. The van der Waals surface area contributed by atoms with Gasteiger partial charge in [0, 0.05) is 30.1 Å². The molecule has 1 aliphatic rings. The van der Waals surface area contributed by atoms with Crippen molar-refractivity contribution in [3.63, 3.8) is 0 Å². The third-order valence-corrected chi connectivity index (χ3v) is 5.27. The number of halogens is 1. The molecule has 0 N–H and O–H groups in total. The lowest BCUT2D eigenvalue weighted by Gasteiger charge is -2.28. The largest absolute Gasteiger partial charge is 0.378 e. The number of benzene rings is 1. The van der Waals surface area contributed by atoms with Crippen LogP contribution in [0.3, 0.4) is 0 Å². The lowest BCUT2D eigenvalue weighted by Crippen LogP contribution is -2.38. The van der Waals surface area contributed by atoms with Crippen LogP contribution in [0.4, 0.5) is 0 Å². The zero-order valence-corrected chi connectivity index (χ0v) is 14.9. The summed E-state index contributed by atoms with van der Waals surface area (Å²) in [4.78, 5) is 2.18. The molecule has 23 heavy (non-hydrogen) atoms. The van der Waals surface area contributed by atoms with Crippen molar-refractivity contribution >= 4 is 39.9 Å². The Morgan fingerprint density at radius 2 is 2.00 bits per heavy atom. The molecule has 122 valence electrons. The molecule has 3 rings (SSSR count). The van der Waals surface area contributed by atoms with Crippen LogP contribution in [0, 0.1) is 0 Å². The highest BCUT2D eigenvalue weighted by atomic mass is 35.5. The minimum absolute atomic E-state index is 0.683. The fraction of sp³-hybridized carbons (Fsp3) is 0.400. The number of nitrogens with zero attached hydrogens (tertiary/aromatic N) is 4. The molecule has 8 heteroatoms. The highest BCUT2D eigenvalue weighted by Crippen LogP contribution is 2.16. The molecule has 5 nitrogen and oxygen atoms in total. The van der Waals surface area contributed by atoms with E-state index in [9.17, 15) is 0 Å². The van der Waals surface area contributed by atoms with Gasteiger partial charge in [0.2, 0.25) is 0 Å². The molecule has 1 fully saturated rings. The smallest absolute Gasteiger partial charge is 0.136 e. The Balaban J connectivity index is 1.50. The number of aromatic nitrogens is 3. The predicted octanol–water partition coefficient (Wildman–Crippen LogP) is 2.83. The van der Waals surface area contributed by atoms with Gasteiger partial charge in [0.05, 0.1) is 25.5 Å². The number of hydrogen-bond acceptors (Lipinski definition) is 5. The van der Waals surface area contributed by atoms with Crippen molar-refractivity contribution in [1.29, 1.82) is 0 Å². The van der Waals surface area contributed by atoms with Crippen molar-refractivity contribution in [2.75, 3.05) is 26.3 Å². The summed E-state index contributed by atoms with van der Waals surface area (Å²) < 4.78 is 8.07. The van der Waals surface area contributed by atoms with E-state index in [0.29, 0.717) is 6.54 Å². The van der Waals surface area contributed by atoms with Crippen molar-refractivity contribution in [3.8, 4) is 0 Å². The van der Waals surface area contributed by atoms with E-state index in [1.54, 1.807) is 11.8 Å². The molecule has 0 bridgehead atoms. The van der Waals surface area contributed by atoms with Gasteiger partial charge in [-0.1, -0.05) is 52.9 Å². The second kappa shape index (κ2) is 8.10. The highest BCUT2D eigenvalue weighted by molar-refractivity contribution is 8.22. The first-order valence-electron chi connectivity index (χ1n) is 7.33. The van der Waals surface area contributed by atoms with Crippen molar-refractivity contribution in [1.82, 2.24) is 19.9 Å². The minimum Gasteiger partial charge on any atom is -0.378 e. The molecule has 0 spiro atoms. The van der Waals surface area contributed by atoms with Crippen molar-refractivity contribution in [3.05, 3.63) is 46.7 Å². The fourth-order valence-electron chi connectivity index (χ4n) is 2.23. The van der Waals surface area contributed by atoms with E-state index in [-0.39, 0.29) is 0 Å². The molecule has 0 radical (unpaired) electrons. The molecule has 2 heterocycles.